The molecule has 0 radical (unpaired) electrons. The summed E-state index contributed by atoms with van der Waals surface area (Å²) in [4.78, 5) is 24.4. The third-order valence-electron chi connectivity index (χ3n) is 7.08. The molecule has 2 aliphatic rings. The van der Waals surface area contributed by atoms with E-state index in [9.17, 15) is 39.9 Å². The molecular formula is C25H33F3N8O8S2. The minimum Gasteiger partial charge on any atom is -0.465 e. The van der Waals surface area contributed by atoms with Crippen LogP contribution in [0.25, 0.3) is 16.9 Å². The largest absolute Gasteiger partial charge is 0.465 e. The fourth-order valence-electron chi connectivity index (χ4n) is 4.86. The molecule has 0 saturated carbocycles. The van der Waals surface area contributed by atoms with Gasteiger partial charge in [-0.1, -0.05) is 0 Å². The highest BCUT2D eigenvalue weighted by atomic mass is 32.2. The van der Waals surface area contributed by atoms with Gasteiger partial charge in [0.15, 0.2) is 11.6 Å². The van der Waals surface area contributed by atoms with Gasteiger partial charge in [-0.25, -0.2) is 27.7 Å². The van der Waals surface area contributed by atoms with Crippen molar-refractivity contribution in [2.24, 2.45) is 0 Å². The molecule has 16 nitrogen and oxygen atoms in total. The summed E-state index contributed by atoms with van der Waals surface area (Å²) in [5.74, 6) is -0.166. The second-order valence-corrected chi connectivity index (χ2v) is 14.1. The number of anilines is 2. The van der Waals surface area contributed by atoms with Crippen LogP contribution < -0.4 is 9.80 Å². The highest BCUT2D eigenvalue weighted by molar-refractivity contribution is 7.88. The zero-order chi connectivity index (χ0) is 34.0. The summed E-state index contributed by atoms with van der Waals surface area (Å²) in [5.41, 5.74) is -0.0573. The summed E-state index contributed by atoms with van der Waals surface area (Å²) in [6.45, 7) is 4.11. The number of rotatable bonds is 6. The summed E-state index contributed by atoms with van der Waals surface area (Å²) in [6.07, 6.45) is -1.73. The maximum absolute atomic E-state index is 14.2. The number of pyridine rings is 1. The first kappa shape index (κ1) is 35.2. The van der Waals surface area contributed by atoms with Gasteiger partial charge in [0.25, 0.3) is 10.1 Å². The Bertz CT molecular complexity index is 1780. The van der Waals surface area contributed by atoms with E-state index in [-0.39, 0.29) is 17.2 Å². The molecule has 0 unspecified atom stereocenters. The SMILES string of the molecule is CN(C(=O)O)c1cc(C(F)(F)F)c(-c2nc(N3CCOCC3)c3cc(CN4CCN(S(C)(=O)=O)CC4)cn3n2)cn1.CS(=O)(=O)O. The number of hydrogen-bond acceptors (Lipinski definition) is 11. The first-order valence-corrected chi connectivity index (χ1v) is 17.4. The molecule has 2 saturated heterocycles. The lowest BCUT2D eigenvalue weighted by Gasteiger charge is -2.32. The van der Waals surface area contributed by atoms with Crippen molar-refractivity contribution in [2.45, 2.75) is 12.7 Å². The van der Waals surface area contributed by atoms with Crippen LogP contribution in [0.5, 0.6) is 0 Å². The maximum atomic E-state index is 14.2. The number of hydrogen-bond donors (Lipinski definition) is 2. The average Bonchev–Trinajstić information content (AvgIpc) is 3.37. The van der Waals surface area contributed by atoms with E-state index in [4.69, 9.17) is 9.29 Å². The van der Waals surface area contributed by atoms with Crippen LogP contribution in [0.15, 0.2) is 24.5 Å². The third kappa shape index (κ3) is 9.00. The lowest BCUT2D eigenvalue weighted by Crippen LogP contribution is -2.47. The number of ether oxygens (including phenoxy) is 1. The second kappa shape index (κ2) is 13.6. The Balaban J connectivity index is 0.000000892. The normalized spacial score (nSPS) is 17.1. The molecule has 1 amide bonds. The third-order valence-corrected chi connectivity index (χ3v) is 8.39. The Morgan fingerprint density at radius 1 is 1.04 bits per heavy atom. The van der Waals surface area contributed by atoms with Crippen molar-refractivity contribution < 1.29 is 49.2 Å². The number of halogens is 3. The van der Waals surface area contributed by atoms with Crippen LogP contribution in [0.2, 0.25) is 0 Å². The Hall–Kier alpha value is -3.63. The van der Waals surface area contributed by atoms with Gasteiger partial charge in [0, 0.05) is 65.3 Å². The van der Waals surface area contributed by atoms with Gasteiger partial charge >= 0.3 is 12.3 Å². The van der Waals surface area contributed by atoms with Gasteiger partial charge in [-0.2, -0.15) is 25.9 Å². The number of morpholine rings is 1. The molecule has 2 N–H and O–H groups in total. The molecule has 2 fully saturated rings. The zero-order valence-corrected chi connectivity index (χ0v) is 26.7. The fraction of sp³-hybridized carbons (Fsp3) is 0.520. The Kier molecular flexibility index (Phi) is 10.4. The molecule has 254 valence electrons. The maximum Gasteiger partial charge on any atom is 0.417 e. The Morgan fingerprint density at radius 3 is 2.20 bits per heavy atom. The van der Waals surface area contributed by atoms with E-state index >= 15 is 0 Å². The lowest BCUT2D eigenvalue weighted by molar-refractivity contribution is -0.137. The average molecular weight is 695 g/mol. The number of sulfonamides is 1. The number of nitrogens with zero attached hydrogens (tertiary/aromatic N) is 8. The van der Waals surface area contributed by atoms with Crippen molar-refractivity contribution in [3.8, 4) is 11.4 Å². The molecule has 5 rings (SSSR count). The Labute approximate surface area is 262 Å². The van der Waals surface area contributed by atoms with Crippen LogP contribution in [0.4, 0.5) is 29.6 Å². The van der Waals surface area contributed by atoms with E-state index in [2.05, 4.69) is 20.0 Å². The summed E-state index contributed by atoms with van der Waals surface area (Å²) >= 11 is 0. The molecular weight excluding hydrogens is 661 g/mol. The van der Waals surface area contributed by atoms with Crippen molar-refractivity contribution in [2.75, 3.05) is 81.8 Å². The fourth-order valence-corrected chi connectivity index (χ4v) is 5.69. The van der Waals surface area contributed by atoms with E-state index in [1.54, 1.807) is 6.20 Å². The zero-order valence-electron chi connectivity index (χ0n) is 25.0. The molecule has 0 atom stereocenters. The molecule has 5 heterocycles. The standard InChI is InChI=1S/C24H29F3N8O5S.CH4O3S/c1-31(23(36)37)20-12-18(24(25,26)27)17(13-28-20)21-29-22(33-7-9-40-10-8-33)19-11-16(15-35(19)30-21)14-32-3-5-34(6-4-32)41(2,38)39;1-5(2,3)4/h11-13,15H,3-10,14H2,1-2H3,(H,36,37);1H3,(H,2,3,4). The molecule has 0 aliphatic carbocycles. The van der Waals surface area contributed by atoms with Gasteiger partial charge in [-0.15, -0.1) is 5.10 Å². The highest BCUT2D eigenvalue weighted by Crippen LogP contribution is 2.38. The van der Waals surface area contributed by atoms with E-state index in [0.717, 1.165) is 18.8 Å². The van der Waals surface area contributed by atoms with Crippen LogP contribution in [0, 0.1) is 0 Å². The molecule has 0 spiro atoms. The number of carbonyl (C=O) groups is 1. The molecule has 3 aromatic rings. The summed E-state index contributed by atoms with van der Waals surface area (Å²) in [7, 11) is -5.83. The number of fused-ring (bicyclic) bond motifs is 1. The molecule has 21 heteroatoms. The van der Waals surface area contributed by atoms with Gasteiger partial charge in [-0.05, 0) is 17.7 Å². The molecule has 46 heavy (non-hydrogen) atoms. The molecule has 0 aromatic carbocycles. The number of aromatic nitrogens is 4. The summed E-state index contributed by atoms with van der Waals surface area (Å²) in [6, 6.07) is 2.55. The van der Waals surface area contributed by atoms with E-state index < -0.39 is 38.0 Å². The van der Waals surface area contributed by atoms with Gasteiger partial charge < -0.3 is 14.7 Å². The van der Waals surface area contributed by atoms with Crippen molar-refractivity contribution in [3.63, 3.8) is 0 Å². The number of carboxylic acid groups (broad SMARTS) is 1. The van der Waals surface area contributed by atoms with E-state index in [0.29, 0.717) is 87.6 Å². The van der Waals surface area contributed by atoms with Crippen LogP contribution in [-0.4, -0.2) is 133 Å². The minimum atomic E-state index is -4.83. The second-order valence-electron chi connectivity index (χ2n) is 10.6. The van der Waals surface area contributed by atoms with Gasteiger partial charge in [0.1, 0.15) is 11.3 Å². The quantitative estimate of drug-likeness (QED) is 0.352. The Morgan fingerprint density at radius 2 is 1.65 bits per heavy atom. The van der Waals surface area contributed by atoms with Crippen LogP contribution in [0.3, 0.4) is 0 Å². The number of piperazine rings is 1. The van der Waals surface area contributed by atoms with Gasteiger partial charge in [0.2, 0.25) is 10.0 Å². The first-order valence-electron chi connectivity index (χ1n) is 13.7. The highest BCUT2D eigenvalue weighted by Gasteiger charge is 2.36. The molecule has 2 aliphatic heterocycles. The van der Waals surface area contributed by atoms with Gasteiger partial charge in [-0.3, -0.25) is 14.4 Å². The summed E-state index contributed by atoms with van der Waals surface area (Å²) < 4.78 is 100. The van der Waals surface area contributed by atoms with E-state index in [1.807, 2.05) is 11.0 Å². The molecule has 0 bridgehead atoms. The lowest BCUT2D eigenvalue weighted by atomic mass is 10.1. The van der Waals surface area contributed by atoms with Crippen molar-refractivity contribution in [3.05, 3.63) is 35.7 Å². The van der Waals surface area contributed by atoms with Crippen LogP contribution in [-0.2, 0) is 37.6 Å². The van der Waals surface area contributed by atoms with Crippen LogP contribution >= 0.6 is 0 Å². The number of alkyl halides is 3. The minimum absolute atomic E-state index is 0.215. The predicted molar refractivity (Wildman–Crippen MR) is 160 cm³/mol. The molecule has 3 aromatic heterocycles. The van der Waals surface area contributed by atoms with Gasteiger partial charge in [0.05, 0.1) is 36.9 Å². The summed E-state index contributed by atoms with van der Waals surface area (Å²) in [5, 5.41) is 13.6. The topological polar surface area (TPSA) is 191 Å². The first-order chi connectivity index (χ1) is 21.3. The van der Waals surface area contributed by atoms with E-state index in [1.165, 1.54) is 15.1 Å². The predicted octanol–water partition coefficient (Wildman–Crippen LogP) is 1.34. The van der Waals surface area contributed by atoms with Crippen molar-refractivity contribution >= 4 is 43.4 Å². The monoisotopic (exact) mass is 694 g/mol. The van der Waals surface area contributed by atoms with Crippen molar-refractivity contribution in [1.29, 1.82) is 0 Å². The van der Waals surface area contributed by atoms with Crippen molar-refractivity contribution in [1.82, 2.24) is 28.8 Å². The smallest absolute Gasteiger partial charge is 0.417 e. The number of amides is 1. The van der Waals surface area contributed by atoms with Crippen LogP contribution in [0.1, 0.15) is 11.1 Å².